The van der Waals surface area contributed by atoms with Gasteiger partial charge in [0.05, 0.1) is 13.7 Å². The molecule has 1 heterocycles. The van der Waals surface area contributed by atoms with Gasteiger partial charge >= 0.3 is 6.01 Å². The van der Waals surface area contributed by atoms with Crippen molar-refractivity contribution in [1.82, 2.24) is 15.0 Å². The summed E-state index contributed by atoms with van der Waals surface area (Å²) in [4.78, 5) is 12.5. The monoisotopic (exact) mass is 289 g/mol. The summed E-state index contributed by atoms with van der Waals surface area (Å²) in [6.45, 7) is 3.78. The number of para-hydroxylation sites is 1. The summed E-state index contributed by atoms with van der Waals surface area (Å²) in [5.74, 6) is 1.77. The first-order valence-electron chi connectivity index (χ1n) is 6.77. The van der Waals surface area contributed by atoms with Crippen LogP contribution in [0.4, 0.5) is 11.9 Å². The number of anilines is 2. The maximum Gasteiger partial charge on any atom is 0.322 e. The van der Waals surface area contributed by atoms with Crippen LogP contribution in [-0.4, -0.2) is 41.8 Å². The normalized spacial score (nSPS) is 10.0. The largest absolute Gasteiger partial charge is 0.492 e. The molecule has 0 spiro atoms. The standard InChI is InChI=1S/C14H19N5O2/c1-3-15-12-17-13(19-14(18-12)20-2)16-9-10-21-11-7-5-4-6-8-11/h4-8H,3,9-10H2,1-2H3,(H2,15,16,17,18,19). The summed E-state index contributed by atoms with van der Waals surface area (Å²) in [6, 6.07) is 9.91. The van der Waals surface area contributed by atoms with Crippen LogP contribution in [0.3, 0.4) is 0 Å². The van der Waals surface area contributed by atoms with Gasteiger partial charge in [-0.25, -0.2) is 0 Å². The Morgan fingerprint density at radius 2 is 1.71 bits per heavy atom. The van der Waals surface area contributed by atoms with Crippen LogP contribution in [0.2, 0.25) is 0 Å². The van der Waals surface area contributed by atoms with Gasteiger partial charge in [0.1, 0.15) is 12.4 Å². The average Bonchev–Trinajstić information content (AvgIpc) is 2.53. The molecule has 2 aromatic rings. The minimum Gasteiger partial charge on any atom is -0.492 e. The van der Waals surface area contributed by atoms with Crippen molar-refractivity contribution in [2.75, 3.05) is 37.4 Å². The molecule has 1 aromatic carbocycles. The Labute approximate surface area is 123 Å². The van der Waals surface area contributed by atoms with Crippen LogP contribution in [0.25, 0.3) is 0 Å². The van der Waals surface area contributed by atoms with E-state index in [-0.39, 0.29) is 6.01 Å². The van der Waals surface area contributed by atoms with Crippen molar-refractivity contribution < 1.29 is 9.47 Å². The Hall–Kier alpha value is -2.57. The second-order valence-corrected chi connectivity index (χ2v) is 4.09. The zero-order chi connectivity index (χ0) is 14.9. The van der Waals surface area contributed by atoms with Gasteiger partial charge in [0.25, 0.3) is 0 Å². The molecule has 0 bridgehead atoms. The van der Waals surface area contributed by atoms with Crippen molar-refractivity contribution in [3.63, 3.8) is 0 Å². The van der Waals surface area contributed by atoms with Gasteiger partial charge in [0.15, 0.2) is 0 Å². The second-order valence-electron chi connectivity index (χ2n) is 4.09. The van der Waals surface area contributed by atoms with Crippen LogP contribution in [-0.2, 0) is 0 Å². The van der Waals surface area contributed by atoms with Gasteiger partial charge in [-0.05, 0) is 19.1 Å². The van der Waals surface area contributed by atoms with E-state index in [2.05, 4.69) is 25.6 Å². The molecule has 2 N–H and O–H groups in total. The Morgan fingerprint density at radius 1 is 1.00 bits per heavy atom. The molecule has 0 aliphatic carbocycles. The summed E-state index contributed by atoms with van der Waals surface area (Å²) >= 11 is 0. The third-order valence-corrected chi connectivity index (χ3v) is 2.53. The van der Waals surface area contributed by atoms with E-state index in [1.165, 1.54) is 7.11 Å². The summed E-state index contributed by atoms with van der Waals surface area (Å²) in [6.07, 6.45) is 0. The number of nitrogens with one attached hydrogen (secondary N) is 2. The van der Waals surface area contributed by atoms with Crippen LogP contribution in [0.5, 0.6) is 11.8 Å². The molecule has 0 fully saturated rings. The molecular formula is C14H19N5O2. The molecule has 2 rings (SSSR count). The molecule has 7 nitrogen and oxygen atoms in total. The molecule has 112 valence electrons. The fraction of sp³-hybridized carbons (Fsp3) is 0.357. The number of aromatic nitrogens is 3. The first-order valence-corrected chi connectivity index (χ1v) is 6.77. The minimum absolute atomic E-state index is 0.271. The number of nitrogens with zero attached hydrogens (tertiary/aromatic N) is 3. The highest BCUT2D eigenvalue weighted by atomic mass is 16.5. The van der Waals surface area contributed by atoms with Crippen molar-refractivity contribution in [2.45, 2.75) is 6.92 Å². The summed E-state index contributed by atoms with van der Waals surface area (Å²) in [7, 11) is 1.52. The molecule has 0 unspecified atom stereocenters. The van der Waals surface area contributed by atoms with Gasteiger partial charge in [-0.15, -0.1) is 0 Å². The fourth-order valence-electron chi connectivity index (χ4n) is 1.61. The van der Waals surface area contributed by atoms with Gasteiger partial charge in [0, 0.05) is 6.54 Å². The molecule has 0 saturated carbocycles. The lowest BCUT2D eigenvalue weighted by Gasteiger charge is -2.09. The van der Waals surface area contributed by atoms with Gasteiger partial charge in [-0.2, -0.15) is 15.0 Å². The highest BCUT2D eigenvalue weighted by Gasteiger charge is 2.05. The first kappa shape index (κ1) is 14.8. The van der Waals surface area contributed by atoms with Crippen LogP contribution in [0, 0.1) is 0 Å². The highest BCUT2D eigenvalue weighted by Crippen LogP contribution is 2.11. The average molecular weight is 289 g/mol. The van der Waals surface area contributed by atoms with Crippen molar-refractivity contribution in [3.05, 3.63) is 30.3 Å². The SMILES string of the molecule is CCNc1nc(NCCOc2ccccc2)nc(OC)n1. The van der Waals surface area contributed by atoms with Crippen LogP contribution in [0.15, 0.2) is 30.3 Å². The highest BCUT2D eigenvalue weighted by molar-refractivity contribution is 5.35. The fourth-order valence-corrected chi connectivity index (χ4v) is 1.61. The van der Waals surface area contributed by atoms with E-state index < -0.39 is 0 Å². The minimum atomic E-state index is 0.271. The Morgan fingerprint density at radius 3 is 2.38 bits per heavy atom. The quantitative estimate of drug-likeness (QED) is 0.717. The van der Waals surface area contributed by atoms with Crippen LogP contribution < -0.4 is 20.1 Å². The lowest BCUT2D eigenvalue weighted by Crippen LogP contribution is -2.15. The number of hydrogen-bond acceptors (Lipinski definition) is 7. The van der Waals surface area contributed by atoms with Gasteiger partial charge in [-0.1, -0.05) is 18.2 Å². The summed E-state index contributed by atoms with van der Waals surface area (Å²) < 4.78 is 10.6. The second kappa shape index (κ2) is 7.88. The molecule has 0 radical (unpaired) electrons. The number of methoxy groups -OCH3 is 1. The molecule has 0 saturated heterocycles. The van der Waals surface area contributed by atoms with E-state index >= 15 is 0 Å². The summed E-state index contributed by atoms with van der Waals surface area (Å²) in [5.41, 5.74) is 0. The molecule has 1 aromatic heterocycles. The predicted octanol–water partition coefficient (Wildman–Crippen LogP) is 1.80. The maximum atomic E-state index is 5.58. The molecule has 0 aliphatic heterocycles. The molecule has 21 heavy (non-hydrogen) atoms. The third kappa shape index (κ3) is 4.79. The Bertz CT molecular complexity index is 550. The van der Waals surface area contributed by atoms with Gasteiger partial charge in [0.2, 0.25) is 11.9 Å². The van der Waals surface area contributed by atoms with Gasteiger partial charge < -0.3 is 20.1 Å². The smallest absolute Gasteiger partial charge is 0.322 e. The van der Waals surface area contributed by atoms with E-state index in [4.69, 9.17) is 9.47 Å². The zero-order valence-corrected chi connectivity index (χ0v) is 12.2. The molecule has 0 aliphatic rings. The predicted molar refractivity (Wildman–Crippen MR) is 81.0 cm³/mol. The van der Waals surface area contributed by atoms with E-state index in [1.807, 2.05) is 37.3 Å². The van der Waals surface area contributed by atoms with E-state index in [0.717, 1.165) is 12.3 Å². The van der Waals surface area contributed by atoms with Crippen molar-refractivity contribution in [1.29, 1.82) is 0 Å². The number of ether oxygens (including phenoxy) is 2. The number of hydrogen-bond donors (Lipinski definition) is 2. The molecule has 7 heteroatoms. The Balaban J connectivity index is 1.86. The number of benzene rings is 1. The lowest BCUT2D eigenvalue weighted by atomic mass is 10.3. The molecule has 0 atom stereocenters. The van der Waals surface area contributed by atoms with Gasteiger partial charge in [-0.3, -0.25) is 0 Å². The first-order chi connectivity index (χ1) is 10.3. The van der Waals surface area contributed by atoms with Crippen molar-refractivity contribution in [2.24, 2.45) is 0 Å². The zero-order valence-electron chi connectivity index (χ0n) is 12.2. The lowest BCUT2D eigenvalue weighted by molar-refractivity contribution is 0.332. The number of rotatable bonds is 8. The van der Waals surface area contributed by atoms with Crippen LogP contribution >= 0.6 is 0 Å². The molecule has 0 amide bonds. The van der Waals surface area contributed by atoms with Crippen molar-refractivity contribution >= 4 is 11.9 Å². The third-order valence-electron chi connectivity index (χ3n) is 2.53. The van der Waals surface area contributed by atoms with Crippen LogP contribution in [0.1, 0.15) is 6.92 Å². The molecular weight excluding hydrogens is 270 g/mol. The van der Waals surface area contributed by atoms with Crippen molar-refractivity contribution in [3.8, 4) is 11.8 Å². The van der Waals surface area contributed by atoms with E-state index in [9.17, 15) is 0 Å². The Kier molecular flexibility index (Phi) is 5.57. The maximum absolute atomic E-state index is 5.58. The summed E-state index contributed by atoms with van der Waals surface area (Å²) in [5, 5.41) is 6.11. The van der Waals surface area contributed by atoms with E-state index in [1.54, 1.807) is 0 Å². The topological polar surface area (TPSA) is 81.2 Å². The van der Waals surface area contributed by atoms with E-state index in [0.29, 0.717) is 25.0 Å².